The smallest absolute Gasteiger partial charge is 0.404 e. The van der Waals surface area contributed by atoms with Gasteiger partial charge in [-0.15, -0.1) is 0 Å². The number of carboxylic acid groups (broad SMARTS) is 1. The van der Waals surface area contributed by atoms with Crippen LogP contribution in [0.1, 0.15) is 5.56 Å². The number of benzene rings is 1. The molecule has 0 bridgehead atoms. The highest BCUT2D eigenvalue weighted by atomic mass is 16.5. The second-order valence-electron chi connectivity index (χ2n) is 5.19. The van der Waals surface area contributed by atoms with Gasteiger partial charge in [-0.3, -0.25) is 4.90 Å². The van der Waals surface area contributed by atoms with Gasteiger partial charge < -0.3 is 20.1 Å². The Balaban J connectivity index is 2.04. The lowest BCUT2D eigenvalue weighted by atomic mass is 10.1. The molecule has 1 aromatic carbocycles. The number of nitrogens with zero attached hydrogens (tertiary/aromatic N) is 2. The maximum absolute atomic E-state index is 10.6. The molecule has 0 saturated carbocycles. The van der Waals surface area contributed by atoms with Crippen molar-refractivity contribution in [3.05, 3.63) is 23.8 Å². The molecule has 0 aliphatic carbocycles. The molecule has 0 atom stereocenters. The second kappa shape index (κ2) is 6.00. The first-order valence-electron chi connectivity index (χ1n) is 6.56. The van der Waals surface area contributed by atoms with E-state index in [2.05, 4.69) is 21.2 Å². The van der Waals surface area contributed by atoms with Gasteiger partial charge in [0, 0.05) is 45.0 Å². The van der Waals surface area contributed by atoms with Crippen molar-refractivity contribution >= 4 is 11.8 Å². The van der Waals surface area contributed by atoms with E-state index in [0.29, 0.717) is 0 Å². The maximum Gasteiger partial charge on any atom is 0.404 e. The Hall–Kier alpha value is -1.95. The summed E-state index contributed by atoms with van der Waals surface area (Å²) >= 11 is 0. The van der Waals surface area contributed by atoms with Crippen LogP contribution in [-0.4, -0.2) is 56.4 Å². The van der Waals surface area contributed by atoms with Crippen LogP contribution in [0.4, 0.5) is 10.5 Å². The van der Waals surface area contributed by atoms with Crippen LogP contribution in [0.15, 0.2) is 18.2 Å². The highest BCUT2D eigenvalue weighted by molar-refractivity contribution is 5.65. The topological polar surface area (TPSA) is 65.0 Å². The van der Waals surface area contributed by atoms with Crippen molar-refractivity contribution in [3.63, 3.8) is 0 Å². The molecule has 1 heterocycles. The Labute approximate surface area is 118 Å². The summed E-state index contributed by atoms with van der Waals surface area (Å²) in [5, 5.41) is 11.2. The molecule has 2 rings (SSSR count). The van der Waals surface area contributed by atoms with Crippen molar-refractivity contribution in [3.8, 4) is 5.75 Å². The minimum Gasteiger partial charge on any atom is -0.496 e. The summed E-state index contributed by atoms with van der Waals surface area (Å²) in [4.78, 5) is 14.8. The fraction of sp³-hybridized carbons (Fsp3) is 0.500. The highest BCUT2D eigenvalue weighted by Crippen LogP contribution is 2.30. The Morgan fingerprint density at radius 1 is 1.50 bits per heavy atom. The number of likely N-dealkylation sites (tertiary alicyclic amines) is 1. The number of nitrogens with one attached hydrogen (secondary N) is 1. The molecular weight excluding hydrogens is 258 g/mol. The summed E-state index contributed by atoms with van der Waals surface area (Å²) in [6.45, 7) is 2.23. The largest absolute Gasteiger partial charge is 0.496 e. The van der Waals surface area contributed by atoms with Gasteiger partial charge in [-0.25, -0.2) is 4.79 Å². The summed E-state index contributed by atoms with van der Waals surface area (Å²) < 4.78 is 5.43. The van der Waals surface area contributed by atoms with E-state index in [0.717, 1.165) is 36.6 Å². The predicted octanol–water partition coefficient (Wildman–Crippen LogP) is 1.21. The van der Waals surface area contributed by atoms with Crippen molar-refractivity contribution in [2.45, 2.75) is 12.6 Å². The molecule has 1 saturated heterocycles. The molecule has 0 radical (unpaired) electrons. The molecular formula is C14H21N3O3. The number of amides is 1. The summed E-state index contributed by atoms with van der Waals surface area (Å²) in [5.41, 5.74) is 2.26. The Kier molecular flexibility index (Phi) is 4.34. The molecule has 1 fully saturated rings. The molecule has 1 aliphatic heterocycles. The van der Waals surface area contributed by atoms with E-state index in [4.69, 9.17) is 9.84 Å². The van der Waals surface area contributed by atoms with Crippen molar-refractivity contribution in [2.24, 2.45) is 0 Å². The normalized spacial score (nSPS) is 15.6. The molecule has 0 unspecified atom stereocenters. The average molecular weight is 279 g/mol. The first-order chi connectivity index (χ1) is 9.51. The third kappa shape index (κ3) is 3.14. The zero-order valence-corrected chi connectivity index (χ0v) is 12.1. The zero-order chi connectivity index (χ0) is 14.7. The van der Waals surface area contributed by atoms with Crippen LogP contribution in [0.25, 0.3) is 0 Å². The van der Waals surface area contributed by atoms with Gasteiger partial charge in [0.25, 0.3) is 0 Å². The third-order valence-corrected chi connectivity index (χ3v) is 3.48. The molecule has 2 N–H and O–H groups in total. The fourth-order valence-electron chi connectivity index (χ4n) is 2.51. The second-order valence-corrected chi connectivity index (χ2v) is 5.19. The lowest BCUT2D eigenvalue weighted by Crippen LogP contribution is -2.58. The highest BCUT2D eigenvalue weighted by Gasteiger charge is 2.29. The minimum atomic E-state index is -0.957. The van der Waals surface area contributed by atoms with E-state index in [9.17, 15) is 4.79 Å². The molecule has 20 heavy (non-hydrogen) atoms. The van der Waals surface area contributed by atoms with E-state index in [1.807, 2.05) is 26.2 Å². The van der Waals surface area contributed by atoms with E-state index >= 15 is 0 Å². The van der Waals surface area contributed by atoms with Gasteiger partial charge in [0.15, 0.2) is 0 Å². The maximum atomic E-state index is 10.6. The van der Waals surface area contributed by atoms with Gasteiger partial charge in [-0.1, -0.05) is 6.07 Å². The lowest BCUT2D eigenvalue weighted by Gasteiger charge is -2.39. The van der Waals surface area contributed by atoms with Crippen LogP contribution in [0.2, 0.25) is 0 Å². The van der Waals surface area contributed by atoms with Gasteiger partial charge in [0.05, 0.1) is 13.2 Å². The van der Waals surface area contributed by atoms with Crippen LogP contribution in [0, 0.1) is 0 Å². The van der Waals surface area contributed by atoms with Crippen molar-refractivity contribution < 1.29 is 14.6 Å². The number of carbonyl (C=O) groups is 1. The SMILES string of the molecule is COc1cccc(N(C)C)c1CN1CC(NC(=O)O)C1. The van der Waals surface area contributed by atoms with Gasteiger partial charge in [-0.2, -0.15) is 0 Å². The molecule has 1 aromatic rings. The summed E-state index contributed by atoms with van der Waals surface area (Å²) in [7, 11) is 5.68. The average Bonchev–Trinajstić information content (AvgIpc) is 2.35. The standard InChI is InChI=1S/C14H21N3O3/c1-16(2)12-5-4-6-13(20-3)11(12)9-17-7-10(8-17)15-14(18)19/h4-6,10,15H,7-9H2,1-3H3,(H,18,19). The Morgan fingerprint density at radius 3 is 2.75 bits per heavy atom. The van der Waals surface area contributed by atoms with Crippen LogP contribution in [0.5, 0.6) is 5.75 Å². The molecule has 1 amide bonds. The van der Waals surface area contributed by atoms with Gasteiger partial charge in [0.1, 0.15) is 5.75 Å². The van der Waals surface area contributed by atoms with Crippen molar-refractivity contribution in [2.75, 3.05) is 39.2 Å². The first-order valence-corrected chi connectivity index (χ1v) is 6.56. The van der Waals surface area contributed by atoms with Crippen molar-refractivity contribution in [1.82, 2.24) is 10.2 Å². The van der Waals surface area contributed by atoms with Crippen LogP contribution in [-0.2, 0) is 6.54 Å². The zero-order valence-electron chi connectivity index (χ0n) is 12.1. The van der Waals surface area contributed by atoms with E-state index in [1.54, 1.807) is 7.11 Å². The predicted molar refractivity (Wildman–Crippen MR) is 77.5 cm³/mol. The summed E-state index contributed by atoms with van der Waals surface area (Å²) in [6, 6.07) is 6.02. The molecule has 0 spiro atoms. The molecule has 6 heteroatoms. The van der Waals surface area contributed by atoms with E-state index in [-0.39, 0.29) is 6.04 Å². The van der Waals surface area contributed by atoms with Crippen LogP contribution < -0.4 is 15.0 Å². The number of anilines is 1. The number of hydrogen-bond donors (Lipinski definition) is 2. The molecule has 1 aliphatic rings. The molecule has 6 nitrogen and oxygen atoms in total. The van der Waals surface area contributed by atoms with Crippen LogP contribution >= 0.6 is 0 Å². The number of hydrogen-bond acceptors (Lipinski definition) is 4. The first kappa shape index (κ1) is 14.5. The number of ether oxygens (including phenoxy) is 1. The van der Waals surface area contributed by atoms with E-state index < -0.39 is 6.09 Å². The van der Waals surface area contributed by atoms with E-state index in [1.165, 1.54) is 0 Å². The van der Waals surface area contributed by atoms with Gasteiger partial charge in [0.2, 0.25) is 0 Å². The fourth-order valence-corrected chi connectivity index (χ4v) is 2.51. The third-order valence-electron chi connectivity index (χ3n) is 3.48. The monoisotopic (exact) mass is 279 g/mol. The summed E-state index contributed by atoms with van der Waals surface area (Å²) in [5.74, 6) is 0.867. The number of methoxy groups -OCH3 is 1. The molecule has 110 valence electrons. The number of rotatable bonds is 5. The van der Waals surface area contributed by atoms with Crippen molar-refractivity contribution in [1.29, 1.82) is 0 Å². The molecule has 0 aromatic heterocycles. The minimum absolute atomic E-state index is 0.0324. The lowest BCUT2D eigenvalue weighted by molar-refractivity contribution is 0.110. The Morgan fingerprint density at radius 2 is 2.20 bits per heavy atom. The Bertz CT molecular complexity index is 485. The van der Waals surface area contributed by atoms with Crippen LogP contribution in [0.3, 0.4) is 0 Å². The van der Waals surface area contributed by atoms with Gasteiger partial charge >= 0.3 is 6.09 Å². The summed E-state index contributed by atoms with van der Waals surface area (Å²) in [6.07, 6.45) is -0.957. The van der Waals surface area contributed by atoms with Gasteiger partial charge in [-0.05, 0) is 12.1 Å². The quantitative estimate of drug-likeness (QED) is 0.848.